The minimum Gasteiger partial charge on any atom is -0.462 e. The Morgan fingerprint density at radius 3 is 2.59 bits per heavy atom. The molecule has 5 heteroatoms. The lowest BCUT2D eigenvalue weighted by Gasteiger charge is -2.61. The van der Waals surface area contributed by atoms with E-state index in [0.717, 1.165) is 25.7 Å². The molecule has 4 nitrogen and oxygen atoms in total. The average molecular weight is 392 g/mol. The van der Waals surface area contributed by atoms with Crippen LogP contribution in [0.1, 0.15) is 72.1 Å². The van der Waals surface area contributed by atoms with Crippen molar-refractivity contribution in [3.63, 3.8) is 0 Å². The van der Waals surface area contributed by atoms with Crippen LogP contribution >= 0.6 is 11.8 Å². The number of carbonyl (C=O) groups excluding carboxylic acids is 1. The molecule has 0 bridgehead atoms. The number of thiocyanates is 1. The lowest BCUT2D eigenvalue weighted by molar-refractivity contribution is -0.163. The molecule has 0 heterocycles. The molecule has 4 saturated carbocycles. The van der Waals surface area contributed by atoms with Crippen molar-refractivity contribution < 1.29 is 14.6 Å². The quantitative estimate of drug-likeness (QED) is 0.554. The molecule has 0 radical (unpaired) electrons. The summed E-state index contributed by atoms with van der Waals surface area (Å²) in [5.41, 5.74) is 0.318. The summed E-state index contributed by atoms with van der Waals surface area (Å²) in [6.07, 6.45) is 8.53. The van der Waals surface area contributed by atoms with Gasteiger partial charge in [0.25, 0.3) is 0 Å². The molecule has 0 saturated heterocycles. The van der Waals surface area contributed by atoms with Crippen LogP contribution in [0.3, 0.4) is 0 Å². The molecule has 27 heavy (non-hydrogen) atoms. The van der Waals surface area contributed by atoms with Gasteiger partial charge in [-0.3, -0.25) is 4.79 Å². The Hall–Kier alpha value is -0.730. The Labute approximate surface area is 167 Å². The molecule has 4 rings (SSSR count). The Morgan fingerprint density at radius 1 is 1.15 bits per heavy atom. The maximum atomic E-state index is 11.6. The molecule has 0 amide bonds. The second kappa shape index (κ2) is 6.95. The van der Waals surface area contributed by atoms with Gasteiger partial charge in [-0.1, -0.05) is 13.8 Å². The van der Waals surface area contributed by atoms with Crippen molar-refractivity contribution in [2.24, 2.45) is 34.5 Å². The first kappa shape index (κ1) is 19.6. The van der Waals surface area contributed by atoms with E-state index in [-0.39, 0.29) is 34.3 Å². The SMILES string of the molecule is CC(=O)O[C@H]1CC[C@H]2[C@@H]3CC[C@H]4C[C@H](SC#N)[C@@H](O)C[C@]4(C)[C@H]3CC[C@]12C. The van der Waals surface area contributed by atoms with Gasteiger partial charge in [-0.25, -0.2) is 0 Å². The van der Waals surface area contributed by atoms with Gasteiger partial charge >= 0.3 is 5.97 Å². The summed E-state index contributed by atoms with van der Waals surface area (Å²) in [7, 11) is 0. The van der Waals surface area contributed by atoms with Gasteiger partial charge in [-0.15, -0.1) is 0 Å². The van der Waals surface area contributed by atoms with E-state index in [1.165, 1.54) is 44.4 Å². The zero-order valence-electron chi connectivity index (χ0n) is 16.8. The summed E-state index contributed by atoms with van der Waals surface area (Å²) in [5, 5.41) is 22.1. The molecule has 0 aromatic carbocycles. The average Bonchev–Trinajstić information content (AvgIpc) is 2.92. The number of esters is 1. The Balaban J connectivity index is 1.56. The summed E-state index contributed by atoms with van der Waals surface area (Å²) >= 11 is 1.27. The highest BCUT2D eigenvalue weighted by molar-refractivity contribution is 8.04. The first-order chi connectivity index (χ1) is 12.8. The number of hydrogen-bond acceptors (Lipinski definition) is 5. The van der Waals surface area contributed by atoms with Gasteiger partial charge in [0.05, 0.1) is 6.10 Å². The predicted molar refractivity (Wildman–Crippen MR) is 106 cm³/mol. The topological polar surface area (TPSA) is 70.3 Å². The van der Waals surface area contributed by atoms with Crippen LogP contribution in [-0.4, -0.2) is 28.5 Å². The van der Waals surface area contributed by atoms with Crippen LogP contribution in [-0.2, 0) is 9.53 Å². The second-order valence-electron chi connectivity index (χ2n) is 10.1. The van der Waals surface area contributed by atoms with E-state index in [0.29, 0.717) is 23.7 Å². The Morgan fingerprint density at radius 2 is 1.89 bits per heavy atom. The fourth-order valence-corrected chi connectivity index (χ4v) is 8.52. The first-order valence-electron chi connectivity index (χ1n) is 10.7. The molecule has 0 aliphatic heterocycles. The fraction of sp³-hybridized carbons (Fsp3) is 0.909. The zero-order valence-corrected chi connectivity index (χ0v) is 17.6. The highest BCUT2D eigenvalue weighted by Crippen LogP contribution is 2.67. The number of nitriles is 1. The third-order valence-corrected chi connectivity index (χ3v) is 10.0. The molecule has 4 aliphatic rings. The van der Waals surface area contributed by atoms with Crippen LogP contribution in [0.25, 0.3) is 0 Å². The van der Waals surface area contributed by atoms with E-state index in [9.17, 15) is 9.90 Å². The van der Waals surface area contributed by atoms with E-state index in [1.54, 1.807) is 0 Å². The van der Waals surface area contributed by atoms with Crippen LogP contribution in [0.2, 0.25) is 0 Å². The van der Waals surface area contributed by atoms with Crippen LogP contribution < -0.4 is 0 Å². The number of rotatable bonds is 2. The van der Waals surface area contributed by atoms with Gasteiger partial charge in [0.15, 0.2) is 0 Å². The normalized spacial score (nSPS) is 51.4. The zero-order chi connectivity index (χ0) is 19.4. The number of carbonyl (C=O) groups is 1. The number of hydrogen-bond donors (Lipinski definition) is 1. The second-order valence-corrected chi connectivity index (χ2v) is 11.2. The Kier molecular flexibility index (Phi) is 5.04. The van der Waals surface area contributed by atoms with E-state index >= 15 is 0 Å². The summed E-state index contributed by atoms with van der Waals surface area (Å²) in [6.45, 7) is 6.32. The monoisotopic (exact) mass is 391 g/mol. The van der Waals surface area contributed by atoms with Gasteiger partial charge in [-0.05, 0) is 92.2 Å². The fourth-order valence-electron chi connectivity index (χ4n) is 7.80. The lowest BCUT2D eigenvalue weighted by atomic mass is 9.45. The van der Waals surface area contributed by atoms with E-state index in [4.69, 9.17) is 10.00 Å². The third kappa shape index (κ3) is 3.02. The minimum absolute atomic E-state index is 0.0818. The number of aliphatic hydroxyl groups is 1. The largest absolute Gasteiger partial charge is 0.462 e. The van der Waals surface area contributed by atoms with Crippen LogP contribution in [0.15, 0.2) is 0 Å². The molecule has 0 unspecified atom stereocenters. The molecule has 0 aromatic rings. The van der Waals surface area contributed by atoms with Crippen molar-refractivity contribution in [3.8, 4) is 5.40 Å². The molecule has 150 valence electrons. The van der Waals surface area contributed by atoms with Crippen LogP contribution in [0, 0.1) is 45.2 Å². The molecular weight excluding hydrogens is 358 g/mol. The minimum atomic E-state index is -0.361. The van der Waals surface area contributed by atoms with E-state index < -0.39 is 0 Å². The predicted octanol–water partition coefficient (Wildman–Crippen LogP) is 4.51. The highest BCUT2D eigenvalue weighted by atomic mass is 32.2. The number of ether oxygens (including phenoxy) is 1. The van der Waals surface area contributed by atoms with Crippen LogP contribution in [0.5, 0.6) is 0 Å². The van der Waals surface area contributed by atoms with Gasteiger partial charge in [-0.2, -0.15) is 5.26 Å². The number of aliphatic hydroxyl groups excluding tert-OH is 1. The smallest absolute Gasteiger partial charge is 0.302 e. The molecule has 4 fully saturated rings. The number of nitrogens with zero attached hydrogens (tertiary/aromatic N) is 1. The molecule has 0 spiro atoms. The van der Waals surface area contributed by atoms with Crippen molar-refractivity contribution >= 4 is 17.7 Å². The van der Waals surface area contributed by atoms with Gasteiger partial charge < -0.3 is 9.84 Å². The lowest BCUT2D eigenvalue weighted by Crippen LogP contribution is -2.56. The van der Waals surface area contributed by atoms with E-state index in [2.05, 4.69) is 19.2 Å². The first-order valence-corrected chi connectivity index (χ1v) is 11.6. The van der Waals surface area contributed by atoms with Crippen molar-refractivity contribution in [2.75, 3.05) is 0 Å². The Bertz CT molecular complexity index is 648. The summed E-state index contributed by atoms with van der Waals surface area (Å²) in [5.74, 6) is 2.48. The van der Waals surface area contributed by atoms with Crippen molar-refractivity contribution in [1.29, 1.82) is 5.26 Å². The molecule has 4 aliphatic carbocycles. The number of fused-ring (bicyclic) bond motifs is 5. The van der Waals surface area contributed by atoms with Crippen molar-refractivity contribution in [3.05, 3.63) is 0 Å². The summed E-state index contributed by atoms with van der Waals surface area (Å²) < 4.78 is 5.74. The van der Waals surface area contributed by atoms with Crippen LogP contribution in [0.4, 0.5) is 0 Å². The summed E-state index contributed by atoms with van der Waals surface area (Å²) in [6, 6.07) is 0. The summed E-state index contributed by atoms with van der Waals surface area (Å²) in [4.78, 5) is 11.6. The molecule has 1 N–H and O–H groups in total. The standard InChI is InChI=1S/C22H33NO3S/c1-13(24)26-20-7-6-16-15-5-4-14-10-19(27-12-23)18(25)11-22(14,3)17(15)8-9-21(16,20)2/h14-20,25H,4-11H2,1-3H3/t14-,15-,16-,17-,18-,19-,20-,21-,22-/m0/s1. The third-order valence-electron chi connectivity index (χ3n) is 9.09. The maximum absolute atomic E-state index is 11.6. The molecule has 0 aromatic heterocycles. The number of thioether (sulfide) groups is 1. The van der Waals surface area contributed by atoms with Gasteiger partial charge in [0.1, 0.15) is 11.5 Å². The highest BCUT2D eigenvalue weighted by Gasteiger charge is 2.61. The van der Waals surface area contributed by atoms with Gasteiger partial charge in [0, 0.05) is 17.6 Å². The van der Waals surface area contributed by atoms with Crippen molar-refractivity contribution in [1.82, 2.24) is 0 Å². The molecular formula is C22H33NO3S. The van der Waals surface area contributed by atoms with Crippen molar-refractivity contribution in [2.45, 2.75) is 89.6 Å². The van der Waals surface area contributed by atoms with E-state index in [1.807, 2.05) is 0 Å². The maximum Gasteiger partial charge on any atom is 0.302 e. The van der Waals surface area contributed by atoms with Gasteiger partial charge in [0.2, 0.25) is 0 Å². The molecule has 9 atom stereocenters.